The molecule has 0 aromatic carbocycles. The molecule has 0 amide bonds. The van der Waals surface area contributed by atoms with Crippen molar-refractivity contribution in [3.05, 3.63) is 0 Å². The van der Waals surface area contributed by atoms with E-state index in [1.54, 1.807) is 7.11 Å². The minimum atomic E-state index is 0.709. The number of likely N-dealkylation sites (tertiary alicyclic amines) is 1. The van der Waals surface area contributed by atoms with Gasteiger partial charge in [0.25, 0.3) is 0 Å². The molecule has 0 atom stereocenters. The predicted octanol–water partition coefficient (Wildman–Crippen LogP) is 0.659. The first-order chi connectivity index (χ1) is 6.65. The molecule has 1 spiro atoms. The fraction of sp³-hybridized carbons (Fsp3) is 1.00. The summed E-state index contributed by atoms with van der Waals surface area (Å²) in [5, 5.41) is 0. The summed E-state index contributed by atoms with van der Waals surface area (Å²) in [5.41, 5.74) is 0.709. The number of ether oxygens (including phenoxy) is 1. The first kappa shape index (κ1) is 10.4. The molecule has 0 unspecified atom stereocenters. The molecule has 3 heteroatoms. The van der Waals surface area contributed by atoms with Crippen LogP contribution in [0.2, 0.25) is 0 Å². The highest BCUT2D eigenvalue weighted by molar-refractivity contribution is 5.06. The smallest absolute Gasteiger partial charge is 0.0589 e. The fourth-order valence-electron chi connectivity index (χ4n) is 3.03. The first-order valence-electron chi connectivity index (χ1n) is 5.53. The van der Waals surface area contributed by atoms with Gasteiger partial charge in [-0.2, -0.15) is 0 Å². The summed E-state index contributed by atoms with van der Waals surface area (Å²) in [4.78, 5) is 4.87. The maximum Gasteiger partial charge on any atom is 0.0589 e. The molecule has 1 saturated carbocycles. The summed E-state index contributed by atoms with van der Waals surface area (Å²) in [6.07, 6.45) is 2.80. The maximum absolute atomic E-state index is 5.09. The Morgan fingerprint density at radius 2 is 2.07 bits per heavy atom. The van der Waals surface area contributed by atoms with Crippen molar-refractivity contribution in [2.75, 3.05) is 47.4 Å². The van der Waals surface area contributed by atoms with Crippen LogP contribution in [-0.2, 0) is 4.74 Å². The van der Waals surface area contributed by atoms with Gasteiger partial charge in [0.15, 0.2) is 0 Å². The van der Waals surface area contributed by atoms with Gasteiger partial charge in [0.2, 0.25) is 0 Å². The third-order valence-corrected chi connectivity index (χ3v) is 3.82. The van der Waals surface area contributed by atoms with Crippen LogP contribution >= 0.6 is 0 Å². The Hall–Kier alpha value is -0.120. The van der Waals surface area contributed by atoms with E-state index in [0.29, 0.717) is 5.41 Å². The number of rotatable bonds is 4. The molecular formula is C11H22N2O. The molecule has 0 aromatic heterocycles. The largest absolute Gasteiger partial charge is 0.383 e. The highest BCUT2D eigenvalue weighted by Gasteiger charge is 2.51. The van der Waals surface area contributed by atoms with Crippen LogP contribution < -0.4 is 0 Å². The van der Waals surface area contributed by atoms with E-state index in [0.717, 1.165) is 19.2 Å². The zero-order chi connectivity index (χ0) is 10.2. The van der Waals surface area contributed by atoms with E-state index in [4.69, 9.17) is 4.74 Å². The molecule has 1 aliphatic heterocycles. The second kappa shape index (κ2) is 3.80. The van der Waals surface area contributed by atoms with Crippen molar-refractivity contribution in [2.45, 2.75) is 18.9 Å². The van der Waals surface area contributed by atoms with Crippen molar-refractivity contribution in [2.24, 2.45) is 5.41 Å². The predicted molar refractivity (Wildman–Crippen MR) is 57.5 cm³/mol. The summed E-state index contributed by atoms with van der Waals surface area (Å²) in [5.74, 6) is 0. The fourth-order valence-corrected chi connectivity index (χ4v) is 3.03. The van der Waals surface area contributed by atoms with Gasteiger partial charge in [0.1, 0.15) is 0 Å². The minimum Gasteiger partial charge on any atom is -0.383 e. The number of methoxy groups -OCH3 is 1. The molecule has 2 rings (SSSR count). The second-order valence-corrected chi connectivity index (χ2v) is 5.21. The zero-order valence-electron chi connectivity index (χ0n) is 9.62. The lowest BCUT2D eigenvalue weighted by Gasteiger charge is -2.60. The molecule has 0 bridgehead atoms. The van der Waals surface area contributed by atoms with Crippen LogP contribution in [0.3, 0.4) is 0 Å². The number of nitrogens with zero attached hydrogens (tertiary/aromatic N) is 2. The molecule has 1 heterocycles. The molecule has 1 aliphatic carbocycles. The maximum atomic E-state index is 5.09. The quantitative estimate of drug-likeness (QED) is 0.660. The van der Waals surface area contributed by atoms with E-state index < -0.39 is 0 Å². The van der Waals surface area contributed by atoms with Crippen LogP contribution in [-0.4, -0.2) is 63.3 Å². The molecule has 14 heavy (non-hydrogen) atoms. The molecule has 2 fully saturated rings. The van der Waals surface area contributed by atoms with Gasteiger partial charge in [-0.3, -0.25) is 0 Å². The van der Waals surface area contributed by atoms with E-state index in [1.807, 2.05) is 0 Å². The summed E-state index contributed by atoms with van der Waals surface area (Å²) in [6, 6.07) is 0.818. The van der Waals surface area contributed by atoms with Crippen molar-refractivity contribution >= 4 is 0 Å². The summed E-state index contributed by atoms with van der Waals surface area (Å²) >= 11 is 0. The third kappa shape index (κ3) is 1.81. The minimum absolute atomic E-state index is 0.709. The van der Waals surface area contributed by atoms with E-state index in [1.165, 1.54) is 25.9 Å². The molecule has 2 aliphatic rings. The normalized spacial score (nSPS) is 26.6. The van der Waals surface area contributed by atoms with Crippen LogP contribution in [0.15, 0.2) is 0 Å². The van der Waals surface area contributed by atoms with Gasteiger partial charge in [-0.15, -0.1) is 0 Å². The van der Waals surface area contributed by atoms with Crippen molar-refractivity contribution in [3.8, 4) is 0 Å². The van der Waals surface area contributed by atoms with Crippen LogP contribution in [0.25, 0.3) is 0 Å². The van der Waals surface area contributed by atoms with Gasteiger partial charge in [0.05, 0.1) is 6.61 Å². The average Bonchev–Trinajstić information content (AvgIpc) is 2.04. The summed E-state index contributed by atoms with van der Waals surface area (Å²) in [6.45, 7) is 4.58. The molecule has 3 nitrogen and oxygen atoms in total. The number of likely N-dealkylation sites (N-methyl/N-ethyl adjacent to an activating group) is 1. The van der Waals surface area contributed by atoms with Crippen LogP contribution in [0.4, 0.5) is 0 Å². The molecule has 0 aromatic rings. The molecule has 0 N–H and O–H groups in total. The Morgan fingerprint density at radius 3 is 2.57 bits per heavy atom. The van der Waals surface area contributed by atoms with Crippen molar-refractivity contribution < 1.29 is 4.74 Å². The van der Waals surface area contributed by atoms with Crippen LogP contribution in [0.1, 0.15) is 12.8 Å². The van der Waals surface area contributed by atoms with Gasteiger partial charge < -0.3 is 14.5 Å². The first-order valence-corrected chi connectivity index (χ1v) is 5.53. The second-order valence-electron chi connectivity index (χ2n) is 5.21. The number of hydrogen-bond donors (Lipinski definition) is 0. The Bertz CT molecular complexity index is 193. The van der Waals surface area contributed by atoms with Crippen LogP contribution in [0, 0.1) is 5.41 Å². The SMILES string of the molecule is COCCN(C)C1CC2(C1)CN(C)C2. The third-order valence-electron chi connectivity index (χ3n) is 3.82. The van der Waals surface area contributed by atoms with E-state index in [9.17, 15) is 0 Å². The standard InChI is InChI=1S/C11H22N2O/c1-12-8-11(9-12)6-10(7-11)13(2)4-5-14-3/h10H,4-9H2,1-3H3. The Kier molecular flexibility index (Phi) is 2.82. The molecule has 1 saturated heterocycles. The van der Waals surface area contributed by atoms with E-state index >= 15 is 0 Å². The average molecular weight is 198 g/mol. The monoisotopic (exact) mass is 198 g/mol. The summed E-state index contributed by atoms with van der Waals surface area (Å²) in [7, 11) is 6.21. The van der Waals surface area contributed by atoms with Gasteiger partial charge >= 0.3 is 0 Å². The lowest BCUT2D eigenvalue weighted by Crippen LogP contribution is -2.65. The molecular weight excluding hydrogens is 176 g/mol. The van der Waals surface area contributed by atoms with Crippen molar-refractivity contribution in [1.82, 2.24) is 9.80 Å². The highest BCUT2D eigenvalue weighted by atomic mass is 16.5. The number of hydrogen-bond acceptors (Lipinski definition) is 3. The highest BCUT2D eigenvalue weighted by Crippen LogP contribution is 2.49. The molecule has 0 radical (unpaired) electrons. The Morgan fingerprint density at radius 1 is 1.43 bits per heavy atom. The van der Waals surface area contributed by atoms with Gasteiger partial charge in [-0.05, 0) is 32.4 Å². The van der Waals surface area contributed by atoms with Gasteiger partial charge in [-0.25, -0.2) is 0 Å². The lowest BCUT2D eigenvalue weighted by atomic mass is 9.60. The topological polar surface area (TPSA) is 15.7 Å². The Balaban J connectivity index is 1.67. The van der Waals surface area contributed by atoms with Gasteiger partial charge in [0, 0.05) is 32.8 Å². The van der Waals surface area contributed by atoms with Gasteiger partial charge in [-0.1, -0.05) is 0 Å². The van der Waals surface area contributed by atoms with E-state index in [-0.39, 0.29) is 0 Å². The van der Waals surface area contributed by atoms with Crippen molar-refractivity contribution in [3.63, 3.8) is 0 Å². The Labute approximate surface area is 87.0 Å². The van der Waals surface area contributed by atoms with Crippen molar-refractivity contribution in [1.29, 1.82) is 0 Å². The van der Waals surface area contributed by atoms with Crippen LogP contribution in [0.5, 0.6) is 0 Å². The molecule has 82 valence electrons. The summed E-state index contributed by atoms with van der Waals surface area (Å²) < 4.78 is 5.09. The van der Waals surface area contributed by atoms with E-state index in [2.05, 4.69) is 23.9 Å². The lowest BCUT2D eigenvalue weighted by molar-refractivity contribution is -0.0953. The zero-order valence-corrected chi connectivity index (χ0v) is 9.62.